The summed E-state index contributed by atoms with van der Waals surface area (Å²) in [6.07, 6.45) is 0.652. The molecule has 0 spiro atoms. The lowest BCUT2D eigenvalue weighted by Crippen LogP contribution is -2.40. The lowest BCUT2D eigenvalue weighted by atomic mass is 10.0. The van der Waals surface area contributed by atoms with Crippen molar-refractivity contribution in [1.29, 1.82) is 0 Å². The molecule has 1 heterocycles. The predicted molar refractivity (Wildman–Crippen MR) is 91.4 cm³/mol. The predicted octanol–water partition coefficient (Wildman–Crippen LogP) is 3.88. The van der Waals surface area contributed by atoms with Crippen LogP contribution in [0.4, 0.5) is 13.6 Å². The van der Waals surface area contributed by atoms with Crippen LogP contribution in [0.25, 0.3) is 0 Å². The van der Waals surface area contributed by atoms with E-state index < -0.39 is 17.7 Å². The molecule has 0 N–H and O–H groups in total. The number of benzene rings is 2. The van der Waals surface area contributed by atoms with E-state index in [1.807, 2.05) is 30.3 Å². The van der Waals surface area contributed by atoms with Gasteiger partial charge >= 0.3 is 6.09 Å². The highest BCUT2D eigenvalue weighted by Gasteiger charge is 2.37. The summed E-state index contributed by atoms with van der Waals surface area (Å²) >= 11 is 0. The summed E-state index contributed by atoms with van der Waals surface area (Å²) in [7, 11) is 0. The number of ether oxygens (including phenoxy) is 1. The van der Waals surface area contributed by atoms with Gasteiger partial charge in [0.15, 0.2) is 0 Å². The summed E-state index contributed by atoms with van der Waals surface area (Å²) in [5, 5.41) is 0. The number of imide groups is 1. The average Bonchev–Trinajstić information content (AvgIpc) is 2.98. The second kappa shape index (κ2) is 8.08. The summed E-state index contributed by atoms with van der Waals surface area (Å²) in [5.41, 5.74) is 1.37. The van der Waals surface area contributed by atoms with Crippen LogP contribution in [-0.4, -0.2) is 29.5 Å². The number of carbonyl (C=O) groups excluding carboxylic acids is 2. The first-order valence-corrected chi connectivity index (χ1v) is 8.51. The highest BCUT2D eigenvalue weighted by molar-refractivity contribution is 5.93. The topological polar surface area (TPSA) is 46.6 Å². The molecule has 0 radical (unpaired) electrons. The monoisotopic (exact) mass is 359 g/mol. The third-order valence-electron chi connectivity index (χ3n) is 4.40. The van der Waals surface area contributed by atoms with E-state index >= 15 is 0 Å². The quantitative estimate of drug-likeness (QED) is 0.786. The molecular formula is C20H19F2NO3. The smallest absolute Gasteiger partial charge is 0.416 e. The number of hydrogen-bond acceptors (Lipinski definition) is 3. The van der Waals surface area contributed by atoms with Crippen molar-refractivity contribution in [2.75, 3.05) is 6.61 Å². The van der Waals surface area contributed by atoms with Crippen LogP contribution in [0.5, 0.6) is 0 Å². The van der Waals surface area contributed by atoms with Gasteiger partial charge in [0, 0.05) is 12.5 Å². The van der Waals surface area contributed by atoms with Gasteiger partial charge in [0.25, 0.3) is 0 Å². The van der Waals surface area contributed by atoms with Crippen LogP contribution in [0.2, 0.25) is 0 Å². The molecule has 136 valence electrons. The molecule has 0 saturated carbocycles. The Morgan fingerprint density at radius 1 is 1.15 bits per heavy atom. The molecular weight excluding hydrogens is 340 g/mol. The highest BCUT2D eigenvalue weighted by Crippen LogP contribution is 2.20. The summed E-state index contributed by atoms with van der Waals surface area (Å²) in [4.78, 5) is 25.5. The number of hydrogen-bond donors (Lipinski definition) is 0. The van der Waals surface area contributed by atoms with Crippen LogP contribution in [0, 0.1) is 11.6 Å². The Labute approximate surface area is 150 Å². The number of halogens is 2. The normalized spacial score (nSPS) is 16.6. The molecule has 0 aliphatic carbocycles. The Morgan fingerprint density at radius 3 is 2.65 bits per heavy atom. The molecule has 1 fully saturated rings. The zero-order valence-electron chi connectivity index (χ0n) is 14.2. The first-order valence-electron chi connectivity index (χ1n) is 8.51. The molecule has 1 aliphatic heterocycles. The van der Waals surface area contributed by atoms with Crippen LogP contribution in [0.15, 0.2) is 48.5 Å². The fourth-order valence-electron chi connectivity index (χ4n) is 3.08. The first kappa shape index (κ1) is 18.0. The molecule has 26 heavy (non-hydrogen) atoms. The maximum absolute atomic E-state index is 13.6. The van der Waals surface area contributed by atoms with Crippen molar-refractivity contribution in [2.24, 2.45) is 0 Å². The molecule has 4 nitrogen and oxygen atoms in total. The van der Waals surface area contributed by atoms with E-state index in [0.29, 0.717) is 24.8 Å². The van der Waals surface area contributed by atoms with Gasteiger partial charge in [-0.25, -0.2) is 18.5 Å². The Kier molecular flexibility index (Phi) is 5.61. The zero-order valence-corrected chi connectivity index (χ0v) is 14.2. The summed E-state index contributed by atoms with van der Waals surface area (Å²) < 4.78 is 31.6. The molecule has 1 unspecified atom stereocenters. The molecule has 0 aromatic heterocycles. The maximum Gasteiger partial charge on any atom is 0.416 e. The Morgan fingerprint density at radius 2 is 1.92 bits per heavy atom. The summed E-state index contributed by atoms with van der Waals surface area (Å²) in [6.45, 7) is 0.173. The average molecular weight is 359 g/mol. The van der Waals surface area contributed by atoms with Crippen LogP contribution < -0.4 is 0 Å². The standard InChI is InChI=1S/C20H19F2NO3/c21-16-10-9-15(18(22)12-16)7-4-8-19(24)23-17(13-26-20(23)25)11-14-5-2-1-3-6-14/h1-3,5-6,9-10,12,17H,4,7-8,11,13H2. The fraction of sp³-hybridized carbons (Fsp3) is 0.300. The highest BCUT2D eigenvalue weighted by atomic mass is 19.1. The fourth-order valence-corrected chi connectivity index (χ4v) is 3.08. The number of aryl methyl sites for hydroxylation is 1. The third kappa shape index (κ3) is 4.25. The number of amides is 2. The molecule has 3 rings (SSSR count). The second-order valence-corrected chi connectivity index (χ2v) is 6.27. The van der Waals surface area contributed by atoms with Gasteiger partial charge in [-0.3, -0.25) is 4.79 Å². The molecule has 1 atom stereocenters. The van der Waals surface area contributed by atoms with Gasteiger partial charge in [-0.1, -0.05) is 36.4 Å². The van der Waals surface area contributed by atoms with Gasteiger partial charge in [0.05, 0.1) is 6.04 Å². The van der Waals surface area contributed by atoms with Gasteiger partial charge in [-0.15, -0.1) is 0 Å². The lowest BCUT2D eigenvalue weighted by Gasteiger charge is -2.19. The lowest BCUT2D eigenvalue weighted by molar-refractivity contribution is -0.129. The third-order valence-corrected chi connectivity index (χ3v) is 4.40. The molecule has 0 bridgehead atoms. The molecule has 2 aromatic rings. The Balaban J connectivity index is 1.57. The van der Waals surface area contributed by atoms with Crippen molar-refractivity contribution in [2.45, 2.75) is 31.7 Å². The van der Waals surface area contributed by atoms with E-state index in [2.05, 4.69) is 0 Å². The van der Waals surface area contributed by atoms with Crippen molar-refractivity contribution in [3.05, 3.63) is 71.3 Å². The van der Waals surface area contributed by atoms with Crippen LogP contribution >= 0.6 is 0 Å². The molecule has 2 aromatic carbocycles. The van der Waals surface area contributed by atoms with Crippen LogP contribution in [0.1, 0.15) is 24.0 Å². The minimum Gasteiger partial charge on any atom is -0.447 e. The van der Waals surface area contributed by atoms with Crippen LogP contribution in [-0.2, 0) is 22.4 Å². The molecule has 2 amide bonds. The maximum atomic E-state index is 13.6. The number of nitrogens with zero attached hydrogens (tertiary/aromatic N) is 1. The number of cyclic esters (lactones) is 1. The second-order valence-electron chi connectivity index (χ2n) is 6.27. The molecule has 1 aliphatic rings. The number of carbonyl (C=O) groups is 2. The van der Waals surface area contributed by atoms with Crippen molar-refractivity contribution in [3.63, 3.8) is 0 Å². The zero-order chi connectivity index (χ0) is 18.5. The van der Waals surface area contributed by atoms with Crippen molar-refractivity contribution in [1.82, 2.24) is 4.90 Å². The minimum absolute atomic E-state index is 0.0945. The van der Waals surface area contributed by atoms with E-state index in [4.69, 9.17) is 4.74 Å². The van der Waals surface area contributed by atoms with Crippen molar-refractivity contribution < 1.29 is 23.1 Å². The Hall–Kier alpha value is -2.76. The number of rotatable bonds is 6. The largest absolute Gasteiger partial charge is 0.447 e. The Bertz CT molecular complexity index is 795. The van der Waals surface area contributed by atoms with Crippen molar-refractivity contribution in [3.8, 4) is 0 Å². The van der Waals surface area contributed by atoms with Gasteiger partial charge in [0.2, 0.25) is 5.91 Å². The van der Waals surface area contributed by atoms with Gasteiger partial charge < -0.3 is 4.74 Å². The van der Waals surface area contributed by atoms with E-state index in [1.165, 1.54) is 12.1 Å². The SMILES string of the molecule is O=C(CCCc1ccc(F)cc1F)N1C(=O)OCC1Cc1ccccc1. The minimum atomic E-state index is -0.635. The van der Waals surface area contributed by atoms with E-state index in [0.717, 1.165) is 16.5 Å². The van der Waals surface area contributed by atoms with E-state index in [1.54, 1.807) is 0 Å². The summed E-state index contributed by atoms with van der Waals surface area (Å²) in [5.74, 6) is -1.60. The van der Waals surface area contributed by atoms with Crippen LogP contribution in [0.3, 0.4) is 0 Å². The van der Waals surface area contributed by atoms with Crippen molar-refractivity contribution >= 4 is 12.0 Å². The van der Waals surface area contributed by atoms with E-state index in [9.17, 15) is 18.4 Å². The van der Waals surface area contributed by atoms with Gasteiger partial charge in [-0.05, 0) is 36.5 Å². The molecule has 1 saturated heterocycles. The summed E-state index contributed by atoms with van der Waals surface area (Å²) in [6, 6.07) is 12.6. The van der Waals surface area contributed by atoms with Gasteiger partial charge in [-0.2, -0.15) is 0 Å². The molecule has 6 heteroatoms. The van der Waals surface area contributed by atoms with Gasteiger partial charge in [0.1, 0.15) is 18.2 Å². The van der Waals surface area contributed by atoms with E-state index in [-0.39, 0.29) is 25.0 Å². The first-order chi connectivity index (χ1) is 12.5.